The zero-order valence-electron chi connectivity index (χ0n) is 17.1. The van der Waals surface area contributed by atoms with E-state index in [0.29, 0.717) is 48.2 Å². The molecule has 1 amide bonds. The lowest BCUT2D eigenvalue weighted by atomic mass is 10.0. The smallest absolute Gasteiger partial charge is 0.255 e. The average Bonchev–Trinajstić information content (AvgIpc) is 2.75. The molecule has 0 radical (unpaired) electrons. The number of ether oxygens (including phenoxy) is 1. The van der Waals surface area contributed by atoms with Gasteiger partial charge < -0.3 is 10.1 Å². The number of nitriles is 1. The van der Waals surface area contributed by atoms with Gasteiger partial charge in [0.15, 0.2) is 0 Å². The van der Waals surface area contributed by atoms with Gasteiger partial charge >= 0.3 is 0 Å². The molecule has 2 aromatic carbocycles. The van der Waals surface area contributed by atoms with Crippen molar-refractivity contribution < 1.29 is 17.9 Å². The van der Waals surface area contributed by atoms with Gasteiger partial charge in [-0.25, -0.2) is 8.42 Å². The highest BCUT2D eigenvalue weighted by Crippen LogP contribution is 2.27. The van der Waals surface area contributed by atoms with Crippen LogP contribution in [0.15, 0.2) is 47.4 Å². The second-order valence-corrected chi connectivity index (χ2v) is 9.26. The molecule has 158 valence electrons. The third-order valence-corrected chi connectivity index (χ3v) is 7.07. The third kappa shape index (κ3) is 4.81. The molecule has 0 aromatic heterocycles. The fraction of sp³-hybridized carbons (Fsp3) is 0.364. The van der Waals surface area contributed by atoms with E-state index < -0.39 is 15.9 Å². The van der Waals surface area contributed by atoms with Crippen molar-refractivity contribution in [3.8, 4) is 11.8 Å². The molecular formula is C22H25N3O4S. The molecule has 0 saturated carbocycles. The van der Waals surface area contributed by atoms with Crippen molar-refractivity contribution in [1.82, 2.24) is 4.31 Å². The normalized spacial score (nSPS) is 15.4. The van der Waals surface area contributed by atoms with E-state index in [-0.39, 0.29) is 4.90 Å². The number of nitrogens with one attached hydrogen (secondary N) is 1. The van der Waals surface area contributed by atoms with Crippen LogP contribution in [0.3, 0.4) is 0 Å². The summed E-state index contributed by atoms with van der Waals surface area (Å²) in [6.07, 6.45) is 1.70. The van der Waals surface area contributed by atoms with Crippen molar-refractivity contribution in [1.29, 1.82) is 5.26 Å². The number of nitrogens with zero attached hydrogens (tertiary/aromatic N) is 2. The Morgan fingerprint density at radius 3 is 2.47 bits per heavy atom. The van der Waals surface area contributed by atoms with Gasteiger partial charge in [-0.1, -0.05) is 6.92 Å². The number of hydrogen-bond donors (Lipinski definition) is 1. The van der Waals surface area contributed by atoms with Crippen molar-refractivity contribution in [2.24, 2.45) is 5.92 Å². The zero-order chi connectivity index (χ0) is 21.7. The minimum Gasteiger partial charge on any atom is -0.492 e. The van der Waals surface area contributed by atoms with Gasteiger partial charge in [0.1, 0.15) is 5.75 Å². The number of piperidine rings is 1. The van der Waals surface area contributed by atoms with E-state index in [0.717, 1.165) is 12.8 Å². The molecule has 2 aromatic rings. The largest absolute Gasteiger partial charge is 0.492 e. The van der Waals surface area contributed by atoms with Gasteiger partial charge in [0.2, 0.25) is 10.0 Å². The lowest BCUT2D eigenvalue weighted by Gasteiger charge is -2.29. The van der Waals surface area contributed by atoms with Crippen LogP contribution in [-0.4, -0.2) is 38.3 Å². The second kappa shape index (κ2) is 9.28. The fourth-order valence-corrected chi connectivity index (χ4v) is 4.80. The van der Waals surface area contributed by atoms with Gasteiger partial charge in [0.05, 0.1) is 28.8 Å². The molecule has 1 fully saturated rings. The Kier molecular flexibility index (Phi) is 6.75. The predicted molar refractivity (Wildman–Crippen MR) is 114 cm³/mol. The van der Waals surface area contributed by atoms with Gasteiger partial charge in [-0.15, -0.1) is 0 Å². The van der Waals surface area contributed by atoms with Crippen LogP contribution in [0, 0.1) is 17.2 Å². The minimum absolute atomic E-state index is 0.176. The van der Waals surface area contributed by atoms with E-state index in [2.05, 4.69) is 12.2 Å². The SMILES string of the molecule is CCOc1ccc(C#N)cc1NC(=O)c1ccc(S(=O)(=O)N2CCC(C)CC2)cc1. The van der Waals surface area contributed by atoms with Gasteiger partial charge in [-0.3, -0.25) is 4.79 Å². The lowest BCUT2D eigenvalue weighted by molar-refractivity contribution is 0.102. The summed E-state index contributed by atoms with van der Waals surface area (Å²) in [7, 11) is -3.56. The first-order valence-electron chi connectivity index (χ1n) is 9.93. The Bertz CT molecular complexity index is 1050. The van der Waals surface area contributed by atoms with E-state index in [9.17, 15) is 13.2 Å². The van der Waals surface area contributed by atoms with Crippen molar-refractivity contribution in [2.75, 3.05) is 25.0 Å². The number of carbonyl (C=O) groups is 1. The molecule has 7 nitrogen and oxygen atoms in total. The van der Waals surface area contributed by atoms with E-state index in [4.69, 9.17) is 10.00 Å². The molecule has 0 aliphatic carbocycles. The maximum atomic E-state index is 12.8. The molecule has 1 saturated heterocycles. The number of hydrogen-bond acceptors (Lipinski definition) is 5. The van der Waals surface area contributed by atoms with Crippen LogP contribution in [0.25, 0.3) is 0 Å². The van der Waals surface area contributed by atoms with Gasteiger partial charge in [0, 0.05) is 18.7 Å². The second-order valence-electron chi connectivity index (χ2n) is 7.32. The number of amides is 1. The average molecular weight is 428 g/mol. The summed E-state index contributed by atoms with van der Waals surface area (Å²) in [4.78, 5) is 12.8. The quantitative estimate of drug-likeness (QED) is 0.759. The number of sulfonamides is 1. The summed E-state index contributed by atoms with van der Waals surface area (Å²) < 4.78 is 32.7. The van der Waals surface area contributed by atoms with E-state index >= 15 is 0 Å². The molecule has 0 bridgehead atoms. The first kappa shape index (κ1) is 21.8. The molecule has 0 unspecified atom stereocenters. The highest BCUT2D eigenvalue weighted by Gasteiger charge is 2.28. The molecule has 30 heavy (non-hydrogen) atoms. The summed E-state index contributed by atoms with van der Waals surface area (Å²) >= 11 is 0. The number of anilines is 1. The first-order chi connectivity index (χ1) is 14.3. The van der Waals surface area contributed by atoms with Crippen molar-refractivity contribution >= 4 is 21.6 Å². The molecule has 1 heterocycles. The summed E-state index contributed by atoms with van der Waals surface area (Å²) in [5.74, 6) is 0.578. The molecule has 8 heteroatoms. The van der Waals surface area contributed by atoms with Crippen LogP contribution >= 0.6 is 0 Å². The Morgan fingerprint density at radius 1 is 1.20 bits per heavy atom. The Balaban J connectivity index is 1.77. The fourth-order valence-electron chi connectivity index (χ4n) is 3.33. The predicted octanol–water partition coefficient (Wildman–Crippen LogP) is 3.63. The number of benzene rings is 2. The monoisotopic (exact) mass is 427 g/mol. The van der Waals surface area contributed by atoms with E-state index in [1.54, 1.807) is 18.2 Å². The molecule has 1 aliphatic heterocycles. The topological polar surface area (TPSA) is 99.5 Å². The highest BCUT2D eigenvalue weighted by atomic mass is 32.2. The van der Waals surface area contributed by atoms with Crippen LogP contribution in [0.4, 0.5) is 5.69 Å². The summed E-state index contributed by atoms with van der Waals surface area (Å²) in [5.41, 5.74) is 1.09. The van der Waals surface area contributed by atoms with Gasteiger partial charge in [-0.05, 0) is 68.1 Å². The minimum atomic E-state index is -3.56. The molecule has 1 aliphatic rings. The summed E-state index contributed by atoms with van der Waals surface area (Å²) in [5, 5.41) is 11.8. The zero-order valence-corrected chi connectivity index (χ0v) is 17.9. The number of rotatable bonds is 6. The molecule has 3 rings (SSSR count). The summed E-state index contributed by atoms with van der Waals surface area (Å²) in [6, 6.07) is 12.7. The summed E-state index contributed by atoms with van der Waals surface area (Å²) in [6.45, 7) is 5.39. The van der Waals surface area contributed by atoms with Crippen molar-refractivity contribution in [3.63, 3.8) is 0 Å². The van der Waals surface area contributed by atoms with Crippen molar-refractivity contribution in [2.45, 2.75) is 31.6 Å². The van der Waals surface area contributed by atoms with Crippen molar-refractivity contribution in [3.05, 3.63) is 53.6 Å². The Morgan fingerprint density at radius 2 is 1.87 bits per heavy atom. The van der Waals surface area contributed by atoms with Crippen LogP contribution in [0.2, 0.25) is 0 Å². The maximum Gasteiger partial charge on any atom is 0.255 e. The van der Waals surface area contributed by atoms with Crippen LogP contribution in [-0.2, 0) is 10.0 Å². The maximum absolute atomic E-state index is 12.8. The van der Waals surface area contributed by atoms with E-state index in [1.165, 1.54) is 28.6 Å². The van der Waals surface area contributed by atoms with Crippen LogP contribution in [0.5, 0.6) is 5.75 Å². The van der Waals surface area contributed by atoms with Gasteiger partial charge in [-0.2, -0.15) is 9.57 Å². The van der Waals surface area contributed by atoms with Gasteiger partial charge in [0.25, 0.3) is 5.91 Å². The van der Waals surface area contributed by atoms with Crippen LogP contribution < -0.4 is 10.1 Å². The Hall–Kier alpha value is -2.89. The molecular weight excluding hydrogens is 402 g/mol. The van der Waals surface area contributed by atoms with Crippen LogP contribution in [0.1, 0.15) is 42.6 Å². The lowest BCUT2D eigenvalue weighted by Crippen LogP contribution is -2.37. The standard InChI is InChI=1S/C22H25N3O4S/c1-3-29-21-9-4-17(15-23)14-20(21)24-22(26)18-5-7-19(8-6-18)30(27,28)25-12-10-16(2)11-13-25/h4-9,14,16H,3,10-13H2,1-2H3,(H,24,26). The Labute approximate surface area is 177 Å². The number of carbonyl (C=O) groups excluding carboxylic acids is 1. The molecule has 0 atom stereocenters. The first-order valence-corrected chi connectivity index (χ1v) is 11.4. The third-order valence-electron chi connectivity index (χ3n) is 5.15. The molecule has 0 spiro atoms. The van der Waals surface area contributed by atoms with E-state index in [1.807, 2.05) is 13.0 Å². The highest BCUT2D eigenvalue weighted by molar-refractivity contribution is 7.89. The molecule has 1 N–H and O–H groups in total.